The first-order valence-corrected chi connectivity index (χ1v) is 9.20. The van der Waals surface area contributed by atoms with E-state index in [1.54, 1.807) is 6.92 Å². The van der Waals surface area contributed by atoms with Gasteiger partial charge in [0.05, 0.1) is 11.4 Å². The van der Waals surface area contributed by atoms with Crippen LogP contribution >= 0.6 is 11.3 Å². The third-order valence-electron chi connectivity index (χ3n) is 4.06. The molecule has 0 unspecified atom stereocenters. The normalized spacial score (nSPS) is 12.0. The van der Waals surface area contributed by atoms with Crippen LogP contribution in [-0.2, 0) is 11.3 Å². The minimum absolute atomic E-state index is 0.163. The van der Waals surface area contributed by atoms with Crippen molar-refractivity contribution in [1.29, 1.82) is 0 Å². The molecule has 0 radical (unpaired) electrons. The first-order chi connectivity index (χ1) is 12.4. The number of nitrogens with zero attached hydrogens (tertiary/aromatic N) is 2. The fraction of sp³-hybridized carbons (Fsp3) is 0.316. The summed E-state index contributed by atoms with van der Waals surface area (Å²) < 4.78 is 11.0. The average molecular weight is 371 g/mol. The second-order valence-corrected chi connectivity index (χ2v) is 7.12. The number of benzene rings is 1. The molecule has 0 aliphatic heterocycles. The van der Waals surface area contributed by atoms with Crippen molar-refractivity contribution in [1.82, 2.24) is 15.5 Å². The molecule has 1 amide bonds. The molecule has 7 heteroatoms. The third-order valence-corrected chi connectivity index (χ3v) is 4.93. The van der Waals surface area contributed by atoms with Crippen LogP contribution in [0.1, 0.15) is 29.5 Å². The van der Waals surface area contributed by atoms with E-state index in [0.29, 0.717) is 11.7 Å². The average Bonchev–Trinajstić information content (AvgIpc) is 3.28. The Morgan fingerprint density at radius 1 is 1.35 bits per heavy atom. The quantitative estimate of drug-likeness (QED) is 0.713. The number of carbonyl (C=O) groups excluding carboxylic acids is 1. The lowest BCUT2D eigenvalue weighted by molar-refractivity contribution is -0.127. The van der Waals surface area contributed by atoms with Crippen LogP contribution < -0.4 is 10.1 Å². The summed E-state index contributed by atoms with van der Waals surface area (Å²) in [5, 5.41) is 8.64. The van der Waals surface area contributed by atoms with Gasteiger partial charge in [-0.2, -0.15) is 4.98 Å². The van der Waals surface area contributed by atoms with Crippen molar-refractivity contribution < 1.29 is 14.1 Å². The Labute approximate surface area is 156 Å². The third kappa shape index (κ3) is 4.11. The zero-order valence-corrected chi connectivity index (χ0v) is 16.0. The first kappa shape index (κ1) is 18.1. The van der Waals surface area contributed by atoms with Crippen LogP contribution in [0.2, 0.25) is 0 Å². The van der Waals surface area contributed by atoms with Gasteiger partial charge in [-0.3, -0.25) is 4.79 Å². The summed E-state index contributed by atoms with van der Waals surface area (Å²) in [7, 11) is 0. The molecule has 1 N–H and O–H groups in total. The number of amides is 1. The summed E-state index contributed by atoms with van der Waals surface area (Å²) >= 11 is 1.53. The molecule has 26 heavy (non-hydrogen) atoms. The molecular formula is C19H21N3O3S. The molecule has 0 bridgehead atoms. The van der Waals surface area contributed by atoms with Gasteiger partial charge in [0, 0.05) is 0 Å². The SMILES string of the molecule is Cc1cc(C)c(C)c(O[C@@H](C)C(=O)NCc2nc(-c3cccs3)no2)c1. The molecule has 1 atom stereocenters. The highest BCUT2D eigenvalue weighted by atomic mass is 32.1. The Kier molecular flexibility index (Phi) is 5.37. The molecule has 0 aliphatic rings. The smallest absolute Gasteiger partial charge is 0.261 e. The van der Waals surface area contributed by atoms with E-state index in [2.05, 4.69) is 21.5 Å². The lowest BCUT2D eigenvalue weighted by Gasteiger charge is -2.17. The van der Waals surface area contributed by atoms with E-state index in [9.17, 15) is 4.79 Å². The van der Waals surface area contributed by atoms with Crippen molar-refractivity contribution in [3.63, 3.8) is 0 Å². The summed E-state index contributed by atoms with van der Waals surface area (Å²) in [5.74, 6) is 1.37. The zero-order valence-electron chi connectivity index (χ0n) is 15.2. The standard InChI is InChI=1S/C19H21N3O3S/c1-11-8-12(2)13(3)15(9-11)24-14(4)19(23)20-10-17-21-18(22-25-17)16-6-5-7-26-16/h5-9,14H,10H2,1-4H3,(H,20,23)/t14-/m0/s1. The summed E-state index contributed by atoms with van der Waals surface area (Å²) in [4.78, 5) is 17.5. The number of hydrogen-bond donors (Lipinski definition) is 1. The van der Waals surface area contributed by atoms with E-state index in [4.69, 9.17) is 9.26 Å². The highest BCUT2D eigenvalue weighted by Gasteiger charge is 2.18. The number of thiophene rings is 1. The van der Waals surface area contributed by atoms with Crippen molar-refractivity contribution in [2.75, 3.05) is 0 Å². The molecule has 2 aromatic heterocycles. The number of nitrogens with one attached hydrogen (secondary N) is 1. The fourth-order valence-electron chi connectivity index (χ4n) is 2.51. The molecule has 3 aromatic rings. The lowest BCUT2D eigenvalue weighted by atomic mass is 10.1. The van der Waals surface area contributed by atoms with E-state index < -0.39 is 6.10 Å². The predicted molar refractivity (Wildman–Crippen MR) is 100 cm³/mol. The number of carbonyl (C=O) groups is 1. The molecule has 1 aromatic carbocycles. The van der Waals surface area contributed by atoms with Gasteiger partial charge in [-0.05, 0) is 61.9 Å². The number of aromatic nitrogens is 2. The van der Waals surface area contributed by atoms with Crippen LogP contribution in [0.3, 0.4) is 0 Å². The molecule has 0 fully saturated rings. The number of rotatable bonds is 6. The summed E-state index contributed by atoms with van der Waals surface area (Å²) in [6.45, 7) is 7.90. The van der Waals surface area contributed by atoms with Crippen LogP contribution in [0.4, 0.5) is 0 Å². The highest BCUT2D eigenvalue weighted by molar-refractivity contribution is 7.13. The molecule has 0 saturated heterocycles. The Hall–Kier alpha value is -2.67. The van der Waals surface area contributed by atoms with Gasteiger partial charge < -0.3 is 14.6 Å². The first-order valence-electron chi connectivity index (χ1n) is 8.32. The van der Waals surface area contributed by atoms with Crippen molar-refractivity contribution in [3.8, 4) is 16.5 Å². The Morgan fingerprint density at radius 2 is 2.15 bits per heavy atom. The second kappa shape index (κ2) is 7.70. The maximum atomic E-state index is 12.3. The van der Waals surface area contributed by atoms with Gasteiger partial charge in [-0.15, -0.1) is 11.3 Å². The lowest BCUT2D eigenvalue weighted by Crippen LogP contribution is -2.36. The highest BCUT2D eigenvalue weighted by Crippen LogP contribution is 2.24. The van der Waals surface area contributed by atoms with E-state index in [-0.39, 0.29) is 12.5 Å². The topological polar surface area (TPSA) is 77.2 Å². The molecule has 0 saturated carbocycles. The molecule has 136 valence electrons. The molecule has 0 spiro atoms. The van der Waals surface area contributed by atoms with Crippen molar-refractivity contribution >= 4 is 17.2 Å². The van der Waals surface area contributed by atoms with E-state index >= 15 is 0 Å². The molecule has 6 nitrogen and oxygen atoms in total. The molecular weight excluding hydrogens is 350 g/mol. The minimum Gasteiger partial charge on any atom is -0.481 e. The van der Waals surface area contributed by atoms with Crippen LogP contribution in [0, 0.1) is 20.8 Å². The maximum Gasteiger partial charge on any atom is 0.261 e. The Balaban J connectivity index is 1.58. The van der Waals surface area contributed by atoms with Gasteiger partial charge in [0.2, 0.25) is 11.7 Å². The molecule has 2 heterocycles. The summed E-state index contributed by atoms with van der Waals surface area (Å²) in [5.41, 5.74) is 3.27. The van der Waals surface area contributed by atoms with Gasteiger partial charge in [-0.25, -0.2) is 0 Å². The Morgan fingerprint density at radius 3 is 2.88 bits per heavy atom. The molecule has 3 rings (SSSR count). The van der Waals surface area contributed by atoms with Crippen LogP contribution in [0.15, 0.2) is 34.2 Å². The number of hydrogen-bond acceptors (Lipinski definition) is 6. The van der Waals surface area contributed by atoms with Crippen LogP contribution in [0.25, 0.3) is 10.7 Å². The van der Waals surface area contributed by atoms with Gasteiger partial charge >= 0.3 is 0 Å². The van der Waals surface area contributed by atoms with E-state index in [1.165, 1.54) is 11.3 Å². The van der Waals surface area contributed by atoms with E-state index in [1.807, 2.05) is 44.4 Å². The van der Waals surface area contributed by atoms with Gasteiger partial charge in [0.15, 0.2) is 6.10 Å². The maximum absolute atomic E-state index is 12.3. The van der Waals surface area contributed by atoms with Crippen LogP contribution in [-0.4, -0.2) is 22.2 Å². The van der Waals surface area contributed by atoms with Crippen molar-refractivity contribution in [2.24, 2.45) is 0 Å². The van der Waals surface area contributed by atoms with Gasteiger partial charge in [0.25, 0.3) is 5.91 Å². The fourth-order valence-corrected chi connectivity index (χ4v) is 3.16. The largest absolute Gasteiger partial charge is 0.481 e. The second-order valence-electron chi connectivity index (χ2n) is 6.17. The van der Waals surface area contributed by atoms with Gasteiger partial charge in [-0.1, -0.05) is 17.3 Å². The summed E-state index contributed by atoms with van der Waals surface area (Å²) in [6, 6.07) is 7.87. The number of ether oxygens (including phenoxy) is 1. The van der Waals surface area contributed by atoms with Gasteiger partial charge in [0.1, 0.15) is 5.75 Å². The van der Waals surface area contributed by atoms with E-state index in [0.717, 1.165) is 27.3 Å². The van der Waals surface area contributed by atoms with Crippen molar-refractivity contribution in [3.05, 3.63) is 52.2 Å². The zero-order chi connectivity index (χ0) is 18.7. The van der Waals surface area contributed by atoms with Crippen LogP contribution in [0.5, 0.6) is 5.75 Å². The predicted octanol–water partition coefficient (Wildman–Crippen LogP) is 3.81. The Bertz CT molecular complexity index is 903. The monoisotopic (exact) mass is 371 g/mol. The van der Waals surface area contributed by atoms with Crippen molar-refractivity contribution in [2.45, 2.75) is 40.3 Å². The minimum atomic E-state index is -0.630. The summed E-state index contributed by atoms with van der Waals surface area (Å²) in [6.07, 6.45) is -0.630. The number of aryl methyl sites for hydroxylation is 2. The molecule has 0 aliphatic carbocycles.